The molecule has 18 N–H and O–H groups in total. The van der Waals surface area contributed by atoms with Gasteiger partial charge >= 0.3 is 6.09 Å². The van der Waals surface area contributed by atoms with Crippen LogP contribution in [0.25, 0.3) is 10.9 Å². The summed E-state index contributed by atoms with van der Waals surface area (Å²) in [5, 5.41) is 44.2. The molecule has 30 heteroatoms. The van der Waals surface area contributed by atoms with Crippen LogP contribution in [-0.4, -0.2) is 173 Å². The van der Waals surface area contributed by atoms with E-state index in [0.29, 0.717) is 47.0 Å². The van der Waals surface area contributed by atoms with E-state index in [2.05, 4.69) is 57.8 Å². The Bertz CT molecular complexity index is 3090. The van der Waals surface area contributed by atoms with Crippen LogP contribution in [0.1, 0.15) is 82.4 Å². The van der Waals surface area contributed by atoms with Crippen LogP contribution in [0.2, 0.25) is 0 Å². The summed E-state index contributed by atoms with van der Waals surface area (Å²) >= 11 is 0. The zero-order chi connectivity index (χ0) is 64.3. The highest BCUT2D eigenvalue weighted by Gasteiger charge is 2.39. The molecular formula is C59H82ClN15O14. The number of nitrogens with one attached hydrogen (secondary N) is 10. The number of aliphatic hydroxyl groups is 1. The van der Waals surface area contributed by atoms with Crippen molar-refractivity contribution >= 4 is 94.4 Å². The van der Waals surface area contributed by atoms with Gasteiger partial charge in [-0.15, -0.1) is 12.4 Å². The molecular weight excluding hydrogens is 1180 g/mol. The minimum absolute atomic E-state index is 0. The minimum atomic E-state index is -1.78. The summed E-state index contributed by atoms with van der Waals surface area (Å²) in [7, 11) is 0. The molecule has 11 amide bonds. The number of hydrogen-bond acceptors (Lipinski definition) is 15. The molecule has 2 heterocycles. The maximum atomic E-state index is 14.4. The van der Waals surface area contributed by atoms with Crippen LogP contribution in [0, 0.1) is 5.92 Å². The molecule has 0 saturated carbocycles. The number of ether oxygens (including phenoxy) is 1. The number of carbonyl (C=O) groups is 11. The number of phenols is 1. The molecule has 1 aliphatic rings. The maximum absolute atomic E-state index is 14.4. The van der Waals surface area contributed by atoms with E-state index in [1.807, 2.05) is 0 Å². The number of primary amides is 1. The van der Waals surface area contributed by atoms with Crippen molar-refractivity contribution in [2.24, 2.45) is 28.1 Å². The Balaban J connectivity index is 0.0000169. The number of aliphatic hydroxyl groups excluding tert-OH is 1. The van der Waals surface area contributed by atoms with Gasteiger partial charge in [0.2, 0.25) is 59.1 Å². The van der Waals surface area contributed by atoms with E-state index in [1.54, 1.807) is 81.6 Å². The zero-order valence-corrected chi connectivity index (χ0v) is 50.7. The van der Waals surface area contributed by atoms with Gasteiger partial charge in [0.1, 0.15) is 54.6 Å². The number of para-hydroxylation sites is 1. The third-order valence-corrected chi connectivity index (χ3v) is 14.0. The molecule has 1 aliphatic heterocycles. The van der Waals surface area contributed by atoms with Gasteiger partial charge in [0.15, 0.2) is 5.96 Å². The van der Waals surface area contributed by atoms with Crippen molar-refractivity contribution < 1.29 is 67.7 Å². The van der Waals surface area contributed by atoms with Crippen LogP contribution in [0.3, 0.4) is 0 Å². The third kappa shape index (κ3) is 23.9. The van der Waals surface area contributed by atoms with E-state index in [-0.39, 0.29) is 101 Å². The molecule has 0 radical (unpaired) electrons. The average Bonchev–Trinajstić information content (AvgIpc) is 4.24. The number of phenolic OH excluding ortho intramolecular Hbond substituents is 1. The highest BCUT2D eigenvalue weighted by atomic mass is 35.5. The number of likely N-dealkylation sites (N-methyl/N-ethyl adjacent to an activating group) is 1. The van der Waals surface area contributed by atoms with Gasteiger partial charge in [-0.05, 0) is 86.3 Å². The predicted molar refractivity (Wildman–Crippen MR) is 329 cm³/mol. The summed E-state index contributed by atoms with van der Waals surface area (Å²) in [6.07, 6.45) is 0.525. The molecule has 7 atom stereocenters. The first-order valence-corrected chi connectivity index (χ1v) is 28.9. The Morgan fingerprint density at radius 3 is 1.96 bits per heavy atom. The molecule has 1 aromatic heterocycles. The fraction of sp³-hybridized carbons (Fsp3) is 0.458. The number of nitrogens with zero attached hydrogens (tertiary/aromatic N) is 2. The lowest BCUT2D eigenvalue weighted by Crippen LogP contribution is -2.60. The number of hydrogen-bond donors (Lipinski definition) is 15. The molecule has 1 saturated heterocycles. The number of halogens is 1. The van der Waals surface area contributed by atoms with Crippen molar-refractivity contribution in [3.63, 3.8) is 0 Å². The fourth-order valence-electron chi connectivity index (χ4n) is 9.60. The van der Waals surface area contributed by atoms with Gasteiger partial charge in [-0.25, -0.2) is 4.79 Å². The van der Waals surface area contributed by atoms with Gasteiger partial charge in [-0.2, -0.15) is 0 Å². The number of alkyl carbamates (subject to hydrolysis) is 1. The third-order valence-electron chi connectivity index (χ3n) is 14.0. The van der Waals surface area contributed by atoms with Crippen molar-refractivity contribution in [3.8, 4) is 5.75 Å². The van der Waals surface area contributed by atoms with E-state index < -0.39 is 121 Å². The largest absolute Gasteiger partial charge is 0.508 e. The molecule has 0 bridgehead atoms. The maximum Gasteiger partial charge on any atom is 0.408 e. The number of aromatic nitrogens is 1. The van der Waals surface area contributed by atoms with Crippen molar-refractivity contribution in [2.75, 3.05) is 39.3 Å². The van der Waals surface area contributed by atoms with Crippen molar-refractivity contribution in [3.05, 3.63) is 102 Å². The van der Waals surface area contributed by atoms with E-state index in [1.165, 1.54) is 29.2 Å². The number of fused-ring (bicyclic) bond motifs is 1. The van der Waals surface area contributed by atoms with E-state index in [9.17, 15) is 63.0 Å². The van der Waals surface area contributed by atoms with Crippen LogP contribution in [-0.2, 0) is 72.1 Å². The van der Waals surface area contributed by atoms with Crippen LogP contribution in [0.15, 0.2) is 90.1 Å². The molecule has 484 valence electrons. The van der Waals surface area contributed by atoms with Gasteiger partial charge in [0.05, 0.1) is 19.7 Å². The number of benzene rings is 3. The second-order valence-electron chi connectivity index (χ2n) is 21.4. The van der Waals surface area contributed by atoms with E-state index in [4.69, 9.17) is 21.9 Å². The van der Waals surface area contributed by atoms with Crippen molar-refractivity contribution in [1.82, 2.24) is 57.7 Å². The summed E-state index contributed by atoms with van der Waals surface area (Å²) in [4.78, 5) is 157. The first kappa shape index (κ1) is 72.0. The number of aromatic hydroxyl groups is 1. The number of amides is 11. The first-order valence-electron chi connectivity index (χ1n) is 28.9. The summed E-state index contributed by atoms with van der Waals surface area (Å²) < 4.78 is 5.31. The lowest BCUT2D eigenvalue weighted by Gasteiger charge is -2.30. The van der Waals surface area contributed by atoms with E-state index >= 15 is 0 Å². The van der Waals surface area contributed by atoms with Gasteiger partial charge in [-0.3, -0.25) is 52.9 Å². The molecule has 89 heavy (non-hydrogen) atoms. The molecule has 1 fully saturated rings. The Morgan fingerprint density at radius 1 is 0.674 bits per heavy atom. The molecule has 29 nitrogen and oxygen atoms in total. The molecule has 0 spiro atoms. The van der Waals surface area contributed by atoms with Crippen LogP contribution in [0.5, 0.6) is 5.75 Å². The van der Waals surface area contributed by atoms with Crippen molar-refractivity contribution in [1.29, 1.82) is 0 Å². The standard InChI is InChI=1S/C59H81N15O14.ClH/c1-4-63-49(78)30-67-56(85)47-17-11-25-74(47)57(86)42(16-10-24-64-58(61)62)69-53(82)43(26-34(2)3)68-50(79)31-66-51(80)44(27-35-18-20-38(76)21-19-35)70-55(84)46(32-75)72-54(83)45(28-37-29-65-40-15-9-8-14-39(37)40)71-52(81)41(22-23-48(60)77)73-59(87)88-33-36-12-6-5-7-13-36;/h5-9,12-15,18-21,29,34,41-47,65,75-76H,4,10-11,16-17,22-28,30-33H2,1-3H3,(H2,60,77)(H,63,78)(H,66,80)(H,67,85)(H,68,79)(H,69,82)(H,70,84)(H,71,81)(H,72,83)(H,73,87)(H4,61,62,64);1H/t41-,42-,43-,44-,45-,46-,47-;/m0./s1. The molecule has 5 rings (SSSR count). The highest BCUT2D eigenvalue weighted by Crippen LogP contribution is 2.22. The molecule has 0 unspecified atom stereocenters. The average molecular weight is 1260 g/mol. The van der Waals surface area contributed by atoms with Crippen LogP contribution in [0.4, 0.5) is 4.79 Å². The van der Waals surface area contributed by atoms with Crippen molar-refractivity contribution in [2.45, 2.75) is 127 Å². The lowest BCUT2D eigenvalue weighted by molar-refractivity contribution is -0.142. The highest BCUT2D eigenvalue weighted by molar-refractivity contribution is 5.98. The van der Waals surface area contributed by atoms with Crippen LogP contribution >= 0.6 is 12.4 Å². The number of carbonyl (C=O) groups excluding carboxylic acids is 11. The van der Waals surface area contributed by atoms with Gasteiger partial charge < -0.3 is 89.9 Å². The Labute approximate surface area is 520 Å². The van der Waals surface area contributed by atoms with Gasteiger partial charge in [0, 0.05) is 56.0 Å². The number of H-pyrrole nitrogens is 1. The zero-order valence-electron chi connectivity index (χ0n) is 49.8. The number of likely N-dealkylation sites (tertiary alicyclic amines) is 1. The monoisotopic (exact) mass is 1260 g/mol. The van der Waals surface area contributed by atoms with E-state index in [0.717, 1.165) is 0 Å². The summed E-state index contributed by atoms with van der Waals surface area (Å²) in [6.45, 7) is 3.68. The molecule has 4 aromatic rings. The van der Waals surface area contributed by atoms with Gasteiger partial charge in [0.25, 0.3) is 0 Å². The number of aromatic amines is 1. The summed E-state index contributed by atoms with van der Waals surface area (Å²) in [5.74, 6) is -8.43. The summed E-state index contributed by atoms with van der Waals surface area (Å²) in [5.41, 5.74) is 18.7. The molecule has 0 aliphatic carbocycles. The molecule has 3 aromatic carbocycles. The van der Waals surface area contributed by atoms with Crippen LogP contribution < -0.4 is 65.1 Å². The minimum Gasteiger partial charge on any atom is -0.508 e. The topological polar surface area (TPSA) is 455 Å². The Hall–Kier alpha value is -9.51. The van der Waals surface area contributed by atoms with Gasteiger partial charge in [-0.1, -0.05) is 74.5 Å². The number of guanidine groups is 1. The lowest BCUT2D eigenvalue weighted by atomic mass is 10.0. The first-order chi connectivity index (χ1) is 42.0. The smallest absolute Gasteiger partial charge is 0.408 e. The number of rotatable bonds is 34. The predicted octanol–water partition coefficient (Wildman–Crippen LogP) is -1.48. The Morgan fingerprint density at radius 2 is 1.29 bits per heavy atom. The SMILES string of the molecule is CCNC(=O)CNC(=O)[C@@H]1CCCN1C(=O)[C@H](CCCN=C(N)N)NC(=O)[C@H](CC(C)C)NC(=O)CNC(=O)[C@H](Cc1ccc(O)cc1)NC(=O)[C@H](CO)NC(=O)[C@H](Cc1c[nH]c2ccccc12)NC(=O)[C@H](CCC(N)=O)NC(=O)OCc1ccccc1.Cl. The number of aliphatic imine (C=N–C) groups is 1. The Kier molecular flexibility index (Phi) is 29.6. The quantitative estimate of drug-likeness (QED) is 0.0144. The second kappa shape index (κ2) is 36.6. The summed E-state index contributed by atoms with van der Waals surface area (Å²) in [6, 6.07) is 11.6. The second-order valence-corrected chi connectivity index (χ2v) is 21.4. The fourth-order valence-corrected chi connectivity index (χ4v) is 9.60. The normalized spacial score (nSPS) is 14.6. The number of nitrogens with two attached hydrogens (primary N) is 3.